The number of morpholine rings is 1. The Morgan fingerprint density at radius 2 is 1.86 bits per heavy atom. The van der Waals surface area contributed by atoms with Crippen LogP contribution in [0.25, 0.3) is 0 Å². The van der Waals surface area contributed by atoms with Crippen molar-refractivity contribution >= 4 is 11.8 Å². The lowest BCUT2D eigenvalue weighted by atomic mass is 9.83. The van der Waals surface area contributed by atoms with Gasteiger partial charge in [0.15, 0.2) is 5.78 Å². The highest BCUT2D eigenvalue weighted by Gasteiger charge is 2.44. The number of piperidine rings is 1. The molecule has 2 atom stereocenters. The van der Waals surface area contributed by atoms with Crippen molar-refractivity contribution in [2.24, 2.45) is 5.92 Å². The third kappa shape index (κ3) is 8.96. The molecule has 2 aromatic rings. The molecule has 3 aliphatic rings. The van der Waals surface area contributed by atoms with Crippen LogP contribution in [0.15, 0.2) is 36.5 Å². The molecule has 2 saturated heterocycles. The van der Waals surface area contributed by atoms with Gasteiger partial charge in [-0.05, 0) is 76.0 Å². The summed E-state index contributed by atoms with van der Waals surface area (Å²) in [5.74, 6) is 0.595. The molecule has 230 valence electrons. The van der Waals surface area contributed by atoms with Crippen LogP contribution in [0, 0.1) is 5.92 Å². The molecule has 0 bridgehead atoms. The molecule has 9 nitrogen and oxygen atoms in total. The van der Waals surface area contributed by atoms with Crippen molar-refractivity contribution in [3.8, 4) is 0 Å². The summed E-state index contributed by atoms with van der Waals surface area (Å²) in [6, 6.07) is 10.3. The van der Waals surface area contributed by atoms with Gasteiger partial charge < -0.3 is 19.5 Å². The van der Waals surface area contributed by atoms with Gasteiger partial charge in [0.2, 0.25) is 0 Å². The van der Waals surface area contributed by atoms with E-state index in [2.05, 4.69) is 39.6 Å². The van der Waals surface area contributed by atoms with Crippen molar-refractivity contribution in [3.63, 3.8) is 0 Å². The van der Waals surface area contributed by atoms with Gasteiger partial charge in [-0.25, -0.2) is 0 Å². The number of nitrogens with one attached hydrogen (secondary N) is 1. The second-order valence-electron chi connectivity index (χ2n) is 13.2. The maximum Gasteiger partial charge on any atom is 0.308 e. The molecule has 42 heavy (non-hydrogen) atoms. The van der Waals surface area contributed by atoms with Crippen LogP contribution in [0.4, 0.5) is 0 Å². The number of nitrogens with zero attached hydrogens (tertiary/aromatic N) is 3. The number of rotatable bonds is 13. The zero-order chi connectivity index (χ0) is 29.6. The summed E-state index contributed by atoms with van der Waals surface area (Å²) in [6.45, 7) is 11.4. The molecule has 3 fully saturated rings. The maximum absolute atomic E-state index is 13.8. The van der Waals surface area contributed by atoms with Crippen LogP contribution in [0.1, 0.15) is 74.5 Å². The number of ether oxygens (including phenoxy) is 3. The first-order valence-corrected chi connectivity index (χ1v) is 15.7. The Morgan fingerprint density at radius 3 is 2.55 bits per heavy atom. The molecule has 1 aromatic carbocycles. The number of ketones is 1. The lowest BCUT2D eigenvalue weighted by Crippen LogP contribution is -2.60. The minimum atomic E-state index is -0.466. The van der Waals surface area contributed by atoms with E-state index in [0.29, 0.717) is 37.9 Å². The average Bonchev–Trinajstić information content (AvgIpc) is 3.65. The zero-order valence-corrected chi connectivity index (χ0v) is 25.6. The SMILES string of the molecule is CC(C)(C)OC(=O)CCOCCc1ccc(CCN2CCC3(CNCCO3)CC2C(=O)c2ccn(CC3CC3)n2)cc1. The summed E-state index contributed by atoms with van der Waals surface area (Å²) < 4.78 is 19.2. The van der Waals surface area contributed by atoms with Crippen LogP contribution in [0.5, 0.6) is 0 Å². The fraction of sp³-hybridized carbons (Fsp3) is 0.667. The molecule has 2 aliphatic heterocycles. The molecule has 1 spiro atoms. The van der Waals surface area contributed by atoms with Gasteiger partial charge in [-0.3, -0.25) is 19.2 Å². The Kier molecular flexibility index (Phi) is 10.1. The molecule has 1 N–H and O–H groups in total. The van der Waals surface area contributed by atoms with Gasteiger partial charge in [-0.15, -0.1) is 0 Å². The topological polar surface area (TPSA) is 94.9 Å². The third-order valence-electron chi connectivity index (χ3n) is 8.45. The van der Waals surface area contributed by atoms with Crippen LogP contribution in [-0.2, 0) is 38.4 Å². The molecule has 0 amide bonds. The molecule has 9 heteroatoms. The fourth-order valence-corrected chi connectivity index (χ4v) is 5.93. The standard InChI is InChI=1S/C33H48N4O5/c1-32(2,3)42-30(38)13-20-40-19-12-26-6-4-25(5-7-26)10-16-36-18-14-33(24-34-15-21-41-33)22-29(36)31(39)28-11-17-37(35-28)23-27-8-9-27/h4-7,11,17,27,29,34H,8-10,12-16,18-24H2,1-3H3. The van der Waals surface area contributed by atoms with Crippen molar-refractivity contribution in [2.45, 2.75) is 89.5 Å². The molecule has 5 rings (SSSR count). The Balaban J connectivity index is 1.12. The normalized spacial score (nSPS) is 23.3. The van der Waals surface area contributed by atoms with E-state index in [4.69, 9.17) is 14.2 Å². The largest absolute Gasteiger partial charge is 0.460 e. The highest BCUT2D eigenvalue weighted by Crippen LogP contribution is 2.33. The molecular weight excluding hydrogens is 532 g/mol. The second kappa shape index (κ2) is 13.8. The molecule has 3 heterocycles. The van der Waals surface area contributed by atoms with Crippen molar-refractivity contribution in [1.29, 1.82) is 0 Å². The van der Waals surface area contributed by atoms with Crippen LogP contribution in [0.3, 0.4) is 0 Å². The number of benzene rings is 1. The average molecular weight is 581 g/mol. The number of likely N-dealkylation sites (tertiary alicyclic amines) is 1. The number of carbonyl (C=O) groups excluding carboxylic acids is 2. The number of esters is 1. The van der Waals surface area contributed by atoms with Gasteiger partial charge >= 0.3 is 5.97 Å². The first kappa shape index (κ1) is 30.9. The van der Waals surface area contributed by atoms with E-state index in [1.165, 1.54) is 24.0 Å². The lowest BCUT2D eigenvalue weighted by Gasteiger charge is -2.47. The van der Waals surface area contributed by atoms with Gasteiger partial charge in [0.1, 0.15) is 11.3 Å². The Hall–Kier alpha value is -2.59. The van der Waals surface area contributed by atoms with Crippen LogP contribution < -0.4 is 5.32 Å². The van der Waals surface area contributed by atoms with E-state index < -0.39 is 5.60 Å². The van der Waals surface area contributed by atoms with E-state index in [9.17, 15) is 9.59 Å². The minimum absolute atomic E-state index is 0.111. The quantitative estimate of drug-likeness (QED) is 0.217. The van der Waals surface area contributed by atoms with Crippen LogP contribution in [0.2, 0.25) is 0 Å². The number of aromatic nitrogens is 2. The highest BCUT2D eigenvalue weighted by atomic mass is 16.6. The van der Waals surface area contributed by atoms with Gasteiger partial charge in [0.05, 0.1) is 37.9 Å². The third-order valence-corrected chi connectivity index (χ3v) is 8.45. The summed E-state index contributed by atoms with van der Waals surface area (Å²) in [5.41, 5.74) is 2.28. The van der Waals surface area contributed by atoms with Gasteiger partial charge in [0.25, 0.3) is 0 Å². The predicted octanol–water partition coefficient (Wildman–Crippen LogP) is 3.83. The summed E-state index contributed by atoms with van der Waals surface area (Å²) in [4.78, 5) is 28.0. The number of hydrogen-bond donors (Lipinski definition) is 1. The lowest BCUT2D eigenvalue weighted by molar-refractivity contribution is -0.156. The Bertz CT molecular complexity index is 1180. The summed E-state index contributed by atoms with van der Waals surface area (Å²) in [7, 11) is 0. The maximum atomic E-state index is 13.8. The number of Topliss-reactive ketones (excluding diaryl/α,β-unsaturated/α-hetero) is 1. The van der Waals surface area contributed by atoms with Gasteiger partial charge in [-0.2, -0.15) is 5.10 Å². The van der Waals surface area contributed by atoms with Crippen LogP contribution >= 0.6 is 0 Å². The van der Waals surface area contributed by atoms with Crippen molar-refractivity contribution in [2.75, 3.05) is 46.0 Å². The number of hydrogen-bond acceptors (Lipinski definition) is 8. The van der Waals surface area contributed by atoms with E-state index in [1.807, 2.05) is 37.7 Å². The van der Waals surface area contributed by atoms with Crippen LogP contribution in [-0.4, -0.2) is 89.7 Å². The molecule has 1 aliphatic carbocycles. The molecule has 1 saturated carbocycles. The van der Waals surface area contributed by atoms with Gasteiger partial charge in [-0.1, -0.05) is 24.3 Å². The van der Waals surface area contributed by atoms with E-state index in [-0.39, 0.29) is 29.8 Å². The van der Waals surface area contributed by atoms with E-state index >= 15 is 0 Å². The monoisotopic (exact) mass is 580 g/mol. The summed E-state index contributed by atoms with van der Waals surface area (Å²) >= 11 is 0. The summed E-state index contributed by atoms with van der Waals surface area (Å²) in [5, 5.41) is 8.16. The first-order valence-electron chi connectivity index (χ1n) is 15.7. The molecule has 2 unspecified atom stereocenters. The minimum Gasteiger partial charge on any atom is -0.460 e. The smallest absolute Gasteiger partial charge is 0.308 e. The predicted molar refractivity (Wildman–Crippen MR) is 161 cm³/mol. The van der Waals surface area contributed by atoms with Crippen molar-refractivity contribution in [1.82, 2.24) is 20.0 Å². The second-order valence-corrected chi connectivity index (χ2v) is 13.2. The summed E-state index contributed by atoms with van der Waals surface area (Å²) in [6.07, 6.45) is 8.03. The fourth-order valence-electron chi connectivity index (χ4n) is 5.93. The molecule has 1 aromatic heterocycles. The van der Waals surface area contributed by atoms with E-state index in [0.717, 1.165) is 52.0 Å². The van der Waals surface area contributed by atoms with E-state index in [1.54, 1.807) is 0 Å². The number of carbonyl (C=O) groups is 2. The molecule has 0 radical (unpaired) electrons. The highest BCUT2D eigenvalue weighted by molar-refractivity contribution is 5.98. The zero-order valence-electron chi connectivity index (χ0n) is 25.6. The first-order chi connectivity index (χ1) is 20.2. The van der Waals surface area contributed by atoms with Crippen molar-refractivity contribution in [3.05, 3.63) is 53.3 Å². The van der Waals surface area contributed by atoms with Gasteiger partial charge in [0, 0.05) is 45.3 Å². The molecular formula is C33H48N4O5. The van der Waals surface area contributed by atoms with Crippen molar-refractivity contribution < 1.29 is 23.8 Å². The Labute approximate surface area is 250 Å². The Morgan fingerprint density at radius 1 is 1.10 bits per heavy atom.